The van der Waals surface area contributed by atoms with Crippen molar-refractivity contribution in [3.63, 3.8) is 0 Å². The summed E-state index contributed by atoms with van der Waals surface area (Å²) in [5.74, 6) is 0. The van der Waals surface area contributed by atoms with Gasteiger partial charge in [-0.25, -0.2) is 13.1 Å². The number of benzene rings is 1. The highest BCUT2D eigenvalue weighted by atomic mass is 79.9. The molecule has 1 N–H and O–H groups in total. The van der Waals surface area contributed by atoms with E-state index < -0.39 is 10.0 Å². The van der Waals surface area contributed by atoms with Crippen LogP contribution in [0.1, 0.15) is 10.4 Å². The molecule has 2 rings (SSSR count). The minimum absolute atomic E-state index is 0.263. The molecule has 1 aromatic carbocycles. The Morgan fingerprint density at radius 3 is 2.61 bits per heavy atom. The maximum atomic E-state index is 12.1. The highest BCUT2D eigenvalue weighted by molar-refractivity contribution is 9.10. The second kappa shape index (κ2) is 5.52. The van der Waals surface area contributed by atoms with Crippen LogP contribution >= 0.6 is 27.3 Å². The molecule has 0 radical (unpaired) electrons. The maximum Gasteiger partial charge on any atom is 0.242 e. The first kappa shape index (κ1) is 13.7. The van der Waals surface area contributed by atoms with Gasteiger partial charge in [0.05, 0.1) is 4.90 Å². The van der Waals surface area contributed by atoms with E-state index >= 15 is 0 Å². The molecule has 3 nitrogen and oxygen atoms in total. The zero-order valence-electron chi connectivity index (χ0n) is 9.68. The molecular weight excluding hydrogens is 334 g/mol. The summed E-state index contributed by atoms with van der Waals surface area (Å²) in [5.41, 5.74) is 1.11. The summed E-state index contributed by atoms with van der Waals surface area (Å²) in [6.07, 6.45) is 0. The minimum atomic E-state index is -3.47. The van der Waals surface area contributed by atoms with E-state index in [-0.39, 0.29) is 4.90 Å². The first-order valence-electron chi connectivity index (χ1n) is 5.28. The van der Waals surface area contributed by atoms with E-state index in [0.717, 1.165) is 10.4 Å². The summed E-state index contributed by atoms with van der Waals surface area (Å²) < 4.78 is 27.4. The average molecular weight is 346 g/mol. The number of hydrogen-bond donors (Lipinski definition) is 1. The van der Waals surface area contributed by atoms with Crippen molar-refractivity contribution in [3.8, 4) is 0 Å². The maximum absolute atomic E-state index is 12.1. The predicted molar refractivity (Wildman–Crippen MR) is 77.2 cm³/mol. The SMILES string of the molecule is Cc1ccsc1CNS(=O)(=O)c1ccccc1Br. The van der Waals surface area contributed by atoms with Crippen LogP contribution < -0.4 is 4.72 Å². The van der Waals surface area contributed by atoms with Gasteiger partial charge in [0.1, 0.15) is 0 Å². The highest BCUT2D eigenvalue weighted by Crippen LogP contribution is 2.22. The number of sulfonamides is 1. The fourth-order valence-corrected chi connectivity index (χ4v) is 4.42. The van der Waals surface area contributed by atoms with Crippen molar-refractivity contribution >= 4 is 37.3 Å². The lowest BCUT2D eigenvalue weighted by Gasteiger charge is -2.07. The largest absolute Gasteiger partial charge is 0.242 e. The summed E-state index contributed by atoms with van der Waals surface area (Å²) in [6, 6.07) is 8.76. The Kier molecular flexibility index (Phi) is 4.21. The van der Waals surface area contributed by atoms with Crippen LogP contribution in [-0.4, -0.2) is 8.42 Å². The standard InChI is InChI=1S/C12H12BrNO2S2/c1-9-6-7-17-11(9)8-14-18(15,16)12-5-3-2-4-10(12)13/h2-7,14H,8H2,1H3. The molecule has 2 aromatic rings. The average Bonchev–Trinajstić information content (AvgIpc) is 2.73. The van der Waals surface area contributed by atoms with Gasteiger partial charge in [-0.3, -0.25) is 0 Å². The van der Waals surface area contributed by atoms with Crippen LogP contribution in [0.4, 0.5) is 0 Å². The Bertz CT molecular complexity index is 650. The van der Waals surface area contributed by atoms with Crippen molar-refractivity contribution in [3.05, 3.63) is 50.6 Å². The van der Waals surface area contributed by atoms with Gasteiger partial charge in [-0.1, -0.05) is 12.1 Å². The van der Waals surface area contributed by atoms with Gasteiger partial charge in [0.15, 0.2) is 0 Å². The molecule has 0 fully saturated rings. The van der Waals surface area contributed by atoms with Gasteiger partial charge in [-0.15, -0.1) is 11.3 Å². The lowest BCUT2D eigenvalue weighted by molar-refractivity contribution is 0.581. The molecule has 0 bridgehead atoms. The van der Waals surface area contributed by atoms with Gasteiger partial charge in [-0.2, -0.15) is 0 Å². The third kappa shape index (κ3) is 3.00. The van der Waals surface area contributed by atoms with Crippen molar-refractivity contribution in [2.45, 2.75) is 18.4 Å². The summed E-state index contributed by atoms with van der Waals surface area (Å²) in [6.45, 7) is 2.30. The van der Waals surface area contributed by atoms with Crippen molar-refractivity contribution in [1.29, 1.82) is 0 Å². The third-order valence-electron chi connectivity index (χ3n) is 2.52. The predicted octanol–water partition coefficient (Wildman–Crippen LogP) is 3.30. The van der Waals surface area contributed by atoms with E-state index in [2.05, 4.69) is 20.7 Å². The van der Waals surface area contributed by atoms with Gasteiger partial charge < -0.3 is 0 Å². The molecule has 0 spiro atoms. The molecule has 18 heavy (non-hydrogen) atoms. The summed E-state index contributed by atoms with van der Waals surface area (Å²) in [7, 11) is -3.47. The van der Waals surface area contributed by atoms with Crippen LogP contribution in [0.2, 0.25) is 0 Å². The first-order valence-corrected chi connectivity index (χ1v) is 8.43. The Morgan fingerprint density at radius 2 is 2.00 bits per heavy atom. The van der Waals surface area contributed by atoms with E-state index in [4.69, 9.17) is 0 Å². The first-order chi connectivity index (χ1) is 8.50. The van der Waals surface area contributed by atoms with E-state index in [1.54, 1.807) is 35.6 Å². The quantitative estimate of drug-likeness (QED) is 0.923. The van der Waals surface area contributed by atoms with Gasteiger partial charge in [0.25, 0.3) is 0 Å². The number of thiophene rings is 1. The highest BCUT2D eigenvalue weighted by Gasteiger charge is 2.17. The second-order valence-electron chi connectivity index (χ2n) is 3.78. The van der Waals surface area contributed by atoms with Crippen LogP contribution in [0, 0.1) is 6.92 Å². The summed E-state index contributed by atoms with van der Waals surface area (Å²) in [4.78, 5) is 1.30. The molecule has 0 atom stereocenters. The Morgan fingerprint density at radius 1 is 1.28 bits per heavy atom. The second-order valence-corrected chi connectivity index (χ2v) is 7.37. The monoisotopic (exact) mass is 345 g/mol. The lowest BCUT2D eigenvalue weighted by Crippen LogP contribution is -2.23. The molecular formula is C12H12BrNO2S2. The molecule has 1 heterocycles. The van der Waals surface area contributed by atoms with Gasteiger partial charge in [0, 0.05) is 15.9 Å². The van der Waals surface area contributed by atoms with Crippen molar-refractivity contribution < 1.29 is 8.42 Å². The third-order valence-corrected chi connectivity index (χ3v) is 5.95. The van der Waals surface area contributed by atoms with Crippen LogP contribution in [-0.2, 0) is 16.6 Å². The van der Waals surface area contributed by atoms with Gasteiger partial charge in [0.2, 0.25) is 10.0 Å². The van der Waals surface area contributed by atoms with E-state index in [1.807, 2.05) is 18.4 Å². The minimum Gasteiger partial charge on any atom is -0.207 e. The van der Waals surface area contributed by atoms with E-state index in [9.17, 15) is 8.42 Å². The number of halogens is 1. The number of hydrogen-bond acceptors (Lipinski definition) is 3. The van der Waals surface area contributed by atoms with E-state index in [0.29, 0.717) is 11.0 Å². The number of aryl methyl sites for hydroxylation is 1. The molecule has 0 aliphatic rings. The number of rotatable bonds is 4. The lowest BCUT2D eigenvalue weighted by atomic mass is 10.3. The Hall–Kier alpha value is -0.690. The summed E-state index contributed by atoms with van der Waals surface area (Å²) in [5, 5.41) is 1.96. The smallest absolute Gasteiger partial charge is 0.207 e. The molecule has 6 heteroatoms. The molecule has 0 saturated heterocycles. The Balaban J connectivity index is 2.19. The fourth-order valence-electron chi connectivity index (χ4n) is 1.49. The van der Waals surface area contributed by atoms with E-state index in [1.165, 1.54) is 0 Å². The van der Waals surface area contributed by atoms with Crippen LogP contribution in [0.25, 0.3) is 0 Å². The van der Waals surface area contributed by atoms with Crippen molar-refractivity contribution in [2.24, 2.45) is 0 Å². The molecule has 0 amide bonds. The van der Waals surface area contributed by atoms with Crippen LogP contribution in [0.3, 0.4) is 0 Å². The van der Waals surface area contributed by atoms with Crippen LogP contribution in [0.5, 0.6) is 0 Å². The number of nitrogens with one attached hydrogen (secondary N) is 1. The summed E-state index contributed by atoms with van der Waals surface area (Å²) >= 11 is 4.80. The molecule has 96 valence electrons. The van der Waals surface area contributed by atoms with Gasteiger partial charge >= 0.3 is 0 Å². The fraction of sp³-hybridized carbons (Fsp3) is 0.167. The van der Waals surface area contributed by atoms with Crippen LogP contribution in [0.15, 0.2) is 45.1 Å². The van der Waals surface area contributed by atoms with Crippen molar-refractivity contribution in [2.75, 3.05) is 0 Å². The Labute approximate surface area is 119 Å². The molecule has 0 saturated carbocycles. The van der Waals surface area contributed by atoms with Crippen molar-refractivity contribution in [1.82, 2.24) is 4.72 Å². The molecule has 0 aliphatic carbocycles. The molecule has 0 unspecified atom stereocenters. The zero-order valence-corrected chi connectivity index (χ0v) is 12.9. The normalized spacial score (nSPS) is 11.7. The molecule has 0 aliphatic heterocycles. The zero-order chi connectivity index (χ0) is 13.2. The van der Waals surface area contributed by atoms with Gasteiger partial charge in [-0.05, 0) is 52.0 Å². The topological polar surface area (TPSA) is 46.2 Å². The molecule has 1 aromatic heterocycles.